The minimum absolute atomic E-state index is 0.117. The van der Waals surface area contributed by atoms with E-state index in [0.717, 1.165) is 5.57 Å². The van der Waals surface area contributed by atoms with Gasteiger partial charge in [0.25, 0.3) is 0 Å². The van der Waals surface area contributed by atoms with Gasteiger partial charge in [-0.25, -0.2) is 9.59 Å². The number of hydrogen-bond acceptors (Lipinski definition) is 2. The number of carboxylic acid groups (broad SMARTS) is 2. The number of carbonyl (C=O) groups is 2. The molecule has 4 heteroatoms. The van der Waals surface area contributed by atoms with Crippen molar-refractivity contribution in [3.63, 3.8) is 0 Å². The summed E-state index contributed by atoms with van der Waals surface area (Å²) in [4.78, 5) is 20.7. The minimum Gasteiger partial charge on any atom is -0.478 e. The highest BCUT2D eigenvalue weighted by Gasteiger charge is 2.07. The van der Waals surface area contributed by atoms with E-state index >= 15 is 0 Å². The Morgan fingerprint density at radius 1 is 1.23 bits per heavy atom. The first kappa shape index (κ1) is 11.4. The summed E-state index contributed by atoms with van der Waals surface area (Å²) in [6.07, 6.45) is 2.52. The maximum atomic E-state index is 10.5. The van der Waals surface area contributed by atoms with Crippen LogP contribution in [0.2, 0.25) is 0 Å². The lowest BCUT2D eigenvalue weighted by atomic mass is 10.1. The van der Waals surface area contributed by atoms with Gasteiger partial charge in [-0.2, -0.15) is 0 Å². The largest absolute Gasteiger partial charge is 0.478 e. The van der Waals surface area contributed by atoms with Crippen LogP contribution >= 0.6 is 0 Å². The fourth-order valence-corrected chi connectivity index (χ4v) is 0.671. The van der Waals surface area contributed by atoms with Crippen LogP contribution in [0, 0.1) is 0 Å². The van der Waals surface area contributed by atoms with E-state index in [4.69, 9.17) is 10.2 Å². The van der Waals surface area contributed by atoms with E-state index in [9.17, 15) is 9.59 Å². The Morgan fingerprint density at radius 3 is 2.08 bits per heavy atom. The van der Waals surface area contributed by atoms with Gasteiger partial charge >= 0.3 is 11.9 Å². The molecule has 0 aliphatic carbocycles. The van der Waals surface area contributed by atoms with Crippen LogP contribution in [0.25, 0.3) is 0 Å². The predicted molar refractivity (Wildman–Crippen MR) is 47.4 cm³/mol. The Bertz CT molecular complexity index is 269. The highest BCUT2D eigenvalue weighted by molar-refractivity contribution is 5.94. The second-order valence-corrected chi connectivity index (χ2v) is 2.80. The average Bonchev–Trinajstić information content (AvgIpc) is 1.96. The van der Waals surface area contributed by atoms with E-state index in [2.05, 4.69) is 0 Å². The molecule has 0 spiro atoms. The number of rotatable bonds is 4. The van der Waals surface area contributed by atoms with Gasteiger partial charge in [0.15, 0.2) is 0 Å². The Morgan fingerprint density at radius 2 is 1.77 bits per heavy atom. The average molecular weight is 184 g/mol. The predicted octanol–water partition coefficient (Wildman–Crippen LogP) is 1.44. The molecule has 0 aromatic carbocycles. The minimum atomic E-state index is -1.24. The van der Waals surface area contributed by atoms with Crippen LogP contribution in [0.15, 0.2) is 23.3 Å². The number of hydrogen-bond donors (Lipinski definition) is 2. The maximum absolute atomic E-state index is 10.5. The summed E-state index contributed by atoms with van der Waals surface area (Å²) in [5.74, 6) is -2.43. The lowest BCUT2D eigenvalue weighted by Crippen LogP contribution is -2.03. The molecular formula is C9H12O4. The quantitative estimate of drug-likeness (QED) is 0.512. The molecule has 0 aromatic heterocycles. The first-order chi connectivity index (χ1) is 5.93. The molecule has 0 rings (SSSR count). The third-order valence-corrected chi connectivity index (χ3v) is 1.30. The summed E-state index contributed by atoms with van der Waals surface area (Å²) in [5.41, 5.74) is 0.839. The van der Waals surface area contributed by atoms with Crippen molar-refractivity contribution < 1.29 is 19.8 Å². The van der Waals surface area contributed by atoms with Crippen molar-refractivity contribution in [3.8, 4) is 0 Å². The molecule has 0 aliphatic heterocycles. The van der Waals surface area contributed by atoms with Crippen molar-refractivity contribution >= 4 is 11.9 Å². The third kappa shape index (κ3) is 5.66. The lowest BCUT2D eigenvalue weighted by Gasteiger charge is -1.96. The van der Waals surface area contributed by atoms with E-state index in [0.29, 0.717) is 6.08 Å². The summed E-state index contributed by atoms with van der Waals surface area (Å²) < 4.78 is 0. The van der Waals surface area contributed by atoms with Crippen molar-refractivity contribution in [2.75, 3.05) is 0 Å². The lowest BCUT2D eigenvalue weighted by molar-refractivity contribution is -0.135. The van der Waals surface area contributed by atoms with Gasteiger partial charge in [0, 0.05) is 11.6 Å². The zero-order valence-corrected chi connectivity index (χ0v) is 7.57. The van der Waals surface area contributed by atoms with E-state index in [1.165, 1.54) is 0 Å². The van der Waals surface area contributed by atoms with Crippen LogP contribution in [0.5, 0.6) is 0 Å². The summed E-state index contributed by atoms with van der Waals surface area (Å²) in [5, 5.41) is 16.9. The number of carboxylic acids is 2. The van der Waals surface area contributed by atoms with Gasteiger partial charge in [0.1, 0.15) is 0 Å². The number of aliphatic carboxylic acids is 2. The van der Waals surface area contributed by atoms with Gasteiger partial charge in [-0.15, -0.1) is 0 Å². The monoisotopic (exact) mass is 184 g/mol. The van der Waals surface area contributed by atoms with E-state index in [-0.39, 0.29) is 12.0 Å². The van der Waals surface area contributed by atoms with Crippen LogP contribution in [-0.2, 0) is 9.59 Å². The van der Waals surface area contributed by atoms with Gasteiger partial charge in [-0.3, -0.25) is 0 Å². The molecule has 13 heavy (non-hydrogen) atoms. The molecule has 0 bridgehead atoms. The van der Waals surface area contributed by atoms with E-state index < -0.39 is 11.9 Å². The van der Waals surface area contributed by atoms with Gasteiger partial charge in [-0.05, 0) is 20.3 Å². The smallest absolute Gasteiger partial charge is 0.332 e. The molecule has 2 N–H and O–H groups in total. The van der Waals surface area contributed by atoms with Crippen LogP contribution in [0.1, 0.15) is 20.3 Å². The Labute approximate surface area is 76.2 Å². The molecule has 0 fully saturated rings. The molecule has 0 unspecified atom stereocenters. The second kappa shape index (κ2) is 5.13. The zero-order chi connectivity index (χ0) is 10.4. The normalized spacial score (nSPS) is 10.8. The van der Waals surface area contributed by atoms with Gasteiger partial charge < -0.3 is 10.2 Å². The molecule has 0 saturated heterocycles. The SMILES string of the molecule is CC(C)=CCC(=CC(=O)O)C(=O)O. The van der Waals surface area contributed by atoms with E-state index in [1.54, 1.807) is 6.08 Å². The molecular weight excluding hydrogens is 172 g/mol. The summed E-state index contributed by atoms with van der Waals surface area (Å²) in [7, 11) is 0. The highest BCUT2D eigenvalue weighted by Crippen LogP contribution is 2.05. The van der Waals surface area contributed by atoms with Gasteiger partial charge in [0.05, 0.1) is 0 Å². The Hall–Kier alpha value is -1.58. The van der Waals surface area contributed by atoms with Crippen LogP contribution < -0.4 is 0 Å². The summed E-state index contributed by atoms with van der Waals surface area (Å²) >= 11 is 0. The van der Waals surface area contributed by atoms with Crippen LogP contribution in [0.3, 0.4) is 0 Å². The fourth-order valence-electron chi connectivity index (χ4n) is 0.671. The summed E-state index contributed by atoms with van der Waals surface area (Å²) in [6.45, 7) is 3.64. The zero-order valence-electron chi connectivity index (χ0n) is 7.57. The fraction of sp³-hybridized carbons (Fsp3) is 0.333. The molecule has 72 valence electrons. The Balaban J connectivity index is 4.55. The molecule has 0 atom stereocenters. The van der Waals surface area contributed by atoms with Crippen molar-refractivity contribution in [3.05, 3.63) is 23.3 Å². The first-order valence-corrected chi connectivity index (χ1v) is 3.73. The van der Waals surface area contributed by atoms with Crippen LogP contribution in [-0.4, -0.2) is 22.2 Å². The first-order valence-electron chi connectivity index (χ1n) is 3.73. The third-order valence-electron chi connectivity index (χ3n) is 1.30. The molecule has 0 aromatic rings. The molecule has 0 amide bonds. The van der Waals surface area contributed by atoms with E-state index in [1.807, 2.05) is 13.8 Å². The molecule has 0 saturated carbocycles. The second-order valence-electron chi connectivity index (χ2n) is 2.80. The molecule has 0 radical (unpaired) electrons. The van der Waals surface area contributed by atoms with Crippen molar-refractivity contribution in [2.24, 2.45) is 0 Å². The van der Waals surface area contributed by atoms with Crippen molar-refractivity contribution in [1.82, 2.24) is 0 Å². The molecule has 0 heterocycles. The summed E-state index contributed by atoms with van der Waals surface area (Å²) in [6, 6.07) is 0. The topological polar surface area (TPSA) is 74.6 Å². The number of allylic oxidation sites excluding steroid dienone is 2. The van der Waals surface area contributed by atoms with Crippen molar-refractivity contribution in [2.45, 2.75) is 20.3 Å². The van der Waals surface area contributed by atoms with Gasteiger partial charge in [-0.1, -0.05) is 11.6 Å². The van der Waals surface area contributed by atoms with Gasteiger partial charge in [0.2, 0.25) is 0 Å². The maximum Gasteiger partial charge on any atom is 0.332 e. The molecule has 0 aliphatic rings. The molecule has 4 nitrogen and oxygen atoms in total. The highest BCUT2D eigenvalue weighted by atomic mass is 16.4. The van der Waals surface area contributed by atoms with Crippen LogP contribution in [0.4, 0.5) is 0 Å². The Kier molecular flexibility index (Phi) is 4.51. The standard InChI is InChI=1S/C9H12O4/c1-6(2)3-4-7(9(12)13)5-8(10)11/h3,5H,4H2,1-2H3,(H,10,11)(H,12,13). The van der Waals surface area contributed by atoms with Crippen molar-refractivity contribution in [1.29, 1.82) is 0 Å².